The lowest BCUT2D eigenvalue weighted by molar-refractivity contribution is -0.121. The van der Waals surface area contributed by atoms with Crippen molar-refractivity contribution in [3.05, 3.63) is 35.7 Å². The highest BCUT2D eigenvalue weighted by atomic mass is 16.5. The topological polar surface area (TPSA) is 107 Å². The van der Waals surface area contributed by atoms with Gasteiger partial charge in [0, 0.05) is 38.7 Å². The molecule has 3 rings (SSSR count). The average Bonchev–Trinajstić information content (AvgIpc) is 3.15. The van der Waals surface area contributed by atoms with E-state index in [4.69, 9.17) is 9.47 Å². The zero-order chi connectivity index (χ0) is 19.8. The van der Waals surface area contributed by atoms with Crippen molar-refractivity contribution in [1.29, 1.82) is 0 Å². The highest BCUT2D eigenvalue weighted by Gasteiger charge is 2.14. The quantitative estimate of drug-likeness (QED) is 0.754. The van der Waals surface area contributed by atoms with Crippen LogP contribution in [0.1, 0.15) is 35.3 Å². The molecule has 9 heteroatoms. The number of carbonyl (C=O) groups is 2. The van der Waals surface area contributed by atoms with Crippen molar-refractivity contribution in [2.45, 2.75) is 32.2 Å². The van der Waals surface area contributed by atoms with E-state index in [0.717, 1.165) is 12.1 Å². The van der Waals surface area contributed by atoms with Crippen molar-refractivity contribution in [3.8, 4) is 11.5 Å². The number of rotatable bonds is 1. The summed E-state index contributed by atoms with van der Waals surface area (Å²) in [7, 11) is 1.55. The van der Waals surface area contributed by atoms with E-state index in [9.17, 15) is 9.59 Å². The fraction of sp³-hybridized carbons (Fsp3) is 0.474. The lowest BCUT2D eigenvalue weighted by Crippen LogP contribution is -2.34. The molecule has 1 aliphatic heterocycles. The Morgan fingerprint density at radius 2 is 2.00 bits per heavy atom. The van der Waals surface area contributed by atoms with Gasteiger partial charge < -0.3 is 20.1 Å². The normalized spacial score (nSPS) is 16.6. The third kappa shape index (κ3) is 5.45. The van der Waals surface area contributed by atoms with Gasteiger partial charge in [-0.25, -0.2) is 0 Å². The van der Waals surface area contributed by atoms with Gasteiger partial charge in [0.15, 0.2) is 0 Å². The summed E-state index contributed by atoms with van der Waals surface area (Å²) in [6.07, 6.45) is 4.43. The molecule has 0 radical (unpaired) electrons. The van der Waals surface area contributed by atoms with Crippen LogP contribution in [0.5, 0.6) is 11.5 Å². The number of nitrogens with one attached hydrogen (secondary N) is 2. The van der Waals surface area contributed by atoms with E-state index >= 15 is 0 Å². The fourth-order valence-electron chi connectivity index (χ4n) is 2.90. The first-order valence-electron chi connectivity index (χ1n) is 9.40. The average molecular weight is 387 g/mol. The molecule has 28 heavy (non-hydrogen) atoms. The molecule has 0 aliphatic carbocycles. The largest absolute Gasteiger partial charge is 0.497 e. The number of hydrogen-bond acceptors (Lipinski definition) is 6. The maximum atomic E-state index is 12.5. The molecule has 2 bridgehead atoms. The second-order valence-electron chi connectivity index (χ2n) is 6.50. The van der Waals surface area contributed by atoms with Gasteiger partial charge in [-0.15, -0.1) is 5.10 Å². The molecule has 0 atom stereocenters. The van der Waals surface area contributed by atoms with E-state index in [1.165, 1.54) is 0 Å². The molecule has 2 amide bonds. The smallest absolute Gasteiger partial charge is 0.255 e. The lowest BCUT2D eigenvalue weighted by atomic mass is 10.1. The summed E-state index contributed by atoms with van der Waals surface area (Å²) in [6, 6.07) is 5.12. The van der Waals surface area contributed by atoms with Crippen molar-refractivity contribution in [2.24, 2.45) is 0 Å². The summed E-state index contributed by atoms with van der Waals surface area (Å²) >= 11 is 0. The van der Waals surface area contributed by atoms with Crippen LogP contribution in [-0.2, 0) is 17.8 Å². The molecule has 1 aliphatic rings. The Balaban J connectivity index is 1.72. The summed E-state index contributed by atoms with van der Waals surface area (Å²) in [5, 5.41) is 13.8. The second-order valence-corrected chi connectivity index (χ2v) is 6.50. The molecule has 0 saturated heterocycles. The monoisotopic (exact) mass is 387 g/mol. The Bertz CT molecular complexity index is 820. The van der Waals surface area contributed by atoms with Crippen molar-refractivity contribution >= 4 is 11.8 Å². The molecule has 150 valence electrons. The van der Waals surface area contributed by atoms with Gasteiger partial charge in [-0.3, -0.25) is 14.3 Å². The van der Waals surface area contributed by atoms with E-state index in [-0.39, 0.29) is 11.8 Å². The lowest BCUT2D eigenvalue weighted by Gasteiger charge is -2.13. The molecule has 1 aromatic heterocycles. The number of carbonyl (C=O) groups excluding carboxylic acids is 2. The van der Waals surface area contributed by atoms with Gasteiger partial charge >= 0.3 is 0 Å². The molecule has 0 unspecified atom stereocenters. The van der Waals surface area contributed by atoms with Gasteiger partial charge in [0.1, 0.15) is 11.5 Å². The Kier molecular flexibility index (Phi) is 6.83. The minimum absolute atomic E-state index is 0.0480. The van der Waals surface area contributed by atoms with Crippen LogP contribution in [-0.4, -0.2) is 53.6 Å². The van der Waals surface area contributed by atoms with Crippen LogP contribution in [0.3, 0.4) is 0 Å². The Morgan fingerprint density at radius 1 is 1.14 bits per heavy atom. The van der Waals surface area contributed by atoms with Crippen molar-refractivity contribution in [2.75, 3.05) is 26.8 Å². The highest BCUT2D eigenvalue weighted by molar-refractivity contribution is 5.97. The number of benzene rings is 1. The minimum Gasteiger partial charge on any atom is -0.497 e. The summed E-state index contributed by atoms with van der Waals surface area (Å²) < 4.78 is 12.8. The summed E-state index contributed by atoms with van der Waals surface area (Å²) in [6.45, 7) is 1.79. The van der Waals surface area contributed by atoms with E-state index < -0.39 is 0 Å². The maximum absolute atomic E-state index is 12.5. The van der Waals surface area contributed by atoms with Crippen LogP contribution >= 0.6 is 0 Å². The molecule has 2 heterocycles. The molecule has 2 aromatic rings. The van der Waals surface area contributed by atoms with Gasteiger partial charge in [0.2, 0.25) is 5.91 Å². The van der Waals surface area contributed by atoms with Gasteiger partial charge in [-0.05, 0) is 31.0 Å². The minimum atomic E-state index is -0.273. The Morgan fingerprint density at radius 3 is 2.86 bits per heavy atom. The number of nitrogens with zero attached hydrogens (tertiary/aromatic N) is 3. The number of fused-ring (bicyclic) bond motifs is 3. The fourth-order valence-corrected chi connectivity index (χ4v) is 2.90. The number of aromatic nitrogens is 3. The van der Waals surface area contributed by atoms with Crippen LogP contribution in [0.25, 0.3) is 0 Å². The molecule has 0 saturated carbocycles. The zero-order valence-electron chi connectivity index (χ0n) is 15.9. The van der Waals surface area contributed by atoms with Crippen LogP contribution in [0.15, 0.2) is 24.4 Å². The van der Waals surface area contributed by atoms with Crippen LogP contribution in [0.4, 0.5) is 0 Å². The first kappa shape index (κ1) is 19.7. The van der Waals surface area contributed by atoms with Crippen LogP contribution in [0.2, 0.25) is 0 Å². The molecular formula is C19H25N5O4. The van der Waals surface area contributed by atoms with Gasteiger partial charge in [-0.1, -0.05) is 5.21 Å². The summed E-state index contributed by atoms with van der Waals surface area (Å²) in [4.78, 5) is 24.5. The summed E-state index contributed by atoms with van der Waals surface area (Å²) in [5.41, 5.74) is 1.27. The molecule has 2 N–H and O–H groups in total. The predicted molar refractivity (Wildman–Crippen MR) is 101 cm³/mol. The van der Waals surface area contributed by atoms with E-state index in [0.29, 0.717) is 62.6 Å². The number of amides is 2. The number of aryl methyl sites for hydroxylation is 2. The SMILES string of the molecule is COc1ccc2c(c1)C(=O)NCCNC(=O)CCCc1cn(nn1)CCCO2. The predicted octanol–water partition coefficient (Wildman–Crippen LogP) is 0.938. The summed E-state index contributed by atoms with van der Waals surface area (Å²) in [5.74, 6) is 0.740. The molecule has 0 fully saturated rings. The molecule has 1 aromatic carbocycles. The van der Waals surface area contributed by atoms with Gasteiger partial charge in [-0.2, -0.15) is 0 Å². The van der Waals surface area contributed by atoms with E-state index in [1.54, 1.807) is 30.0 Å². The first-order chi connectivity index (χ1) is 13.7. The molecular weight excluding hydrogens is 362 g/mol. The van der Waals surface area contributed by atoms with Crippen molar-refractivity contribution < 1.29 is 19.1 Å². The number of hydrogen-bond donors (Lipinski definition) is 2. The van der Waals surface area contributed by atoms with E-state index in [1.807, 2.05) is 6.20 Å². The van der Waals surface area contributed by atoms with E-state index in [2.05, 4.69) is 20.9 Å². The Hall–Kier alpha value is -3.10. The van der Waals surface area contributed by atoms with Crippen LogP contribution in [0, 0.1) is 0 Å². The van der Waals surface area contributed by atoms with Gasteiger partial charge in [0.25, 0.3) is 5.91 Å². The van der Waals surface area contributed by atoms with Crippen molar-refractivity contribution in [1.82, 2.24) is 25.6 Å². The van der Waals surface area contributed by atoms with Crippen molar-refractivity contribution in [3.63, 3.8) is 0 Å². The third-order valence-electron chi connectivity index (χ3n) is 4.38. The number of methoxy groups -OCH3 is 1. The third-order valence-corrected chi connectivity index (χ3v) is 4.38. The standard InChI is InChI=1S/C19H25N5O4/c1-27-15-6-7-17-16(12-15)19(26)21-9-8-20-18(25)5-2-4-14-13-24(23-22-14)10-3-11-28-17/h6-7,12-13H,2-5,8-11H2,1H3,(H,20,25)(H,21,26). The Labute approximate surface area is 163 Å². The first-order valence-corrected chi connectivity index (χ1v) is 9.40. The second kappa shape index (κ2) is 9.72. The number of ether oxygens (including phenoxy) is 2. The zero-order valence-corrected chi connectivity index (χ0v) is 15.9. The van der Waals surface area contributed by atoms with Crippen LogP contribution < -0.4 is 20.1 Å². The van der Waals surface area contributed by atoms with Gasteiger partial charge in [0.05, 0.1) is 25.0 Å². The molecule has 0 spiro atoms. The highest BCUT2D eigenvalue weighted by Crippen LogP contribution is 2.24. The molecule has 9 nitrogen and oxygen atoms in total. The maximum Gasteiger partial charge on any atom is 0.255 e.